The van der Waals surface area contributed by atoms with Crippen molar-refractivity contribution in [1.82, 2.24) is 0 Å². The largest absolute Gasteiger partial charge is 0.510 e. The number of hydrogen-bond donors (Lipinski definition) is 1. The quantitative estimate of drug-likeness (QED) is 0.575. The van der Waals surface area contributed by atoms with E-state index in [9.17, 15) is 5.11 Å². The fourth-order valence-electron chi connectivity index (χ4n) is 1.19. The molecule has 3 heteroatoms. The van der Waals surface area contributed by atoms with Crippen LogP contribution in [0.15, 0.2) is 11.8 Å². The van der Waals surface area contributed by atoms with E-state index in [0.717, 1.165) is 0 Å². The lowest BCUT2D eigenvalue weighted by Crippen LogP contribution is -2.40. The maximum absolute atomic E-state index is 9.77. The Hall–Kier alpha value is -0.283. The fraction of sp³-hybridized carbons (Fsp3) is 0.818. The number of aliphatic hydroxyl groups is 1. The second-order valence-electron chi connectivity index (χ2n) is 5.69. The van der Waals surface area contributed by atoms with Gasteiger partial charge in [-0.25, -0.2) is 0 Å². The van der Waals surface area contributed by atoms with E-state index in [0.29, 0.717) is 5.76 Å². The molecule has 0 amide bonds. The van der Waals surface area contributed by atoms with Crippen LogP contribution < -0.4 is 0 Å². The summed E-state index contributed by atoms with van der Waals surface area (Å²) >= 11 is 0. The highest BCUT2D eigenvalue weighted by molar-refractivity contribution is 6.69. The van der Waals surface area contributed by atoms with E-state index < -0.39 is 8.32 Å². The van der Waals surface area contributed by atoms with E-state index in [1.807, 2.05) is 6.92 Å². The zero-order chi connectivity index (χ0) is 11.6. The van der Waals surface area contributed by atoms with Gasteiger partial charge in [-0.2, -0.15) is 0 Å². The van der Waals surface area contributed by atoms with E-state index in [1.54, 1.807) is 6.08 Å². The first-order chi connectivity index (χ1) is 6.08. The zero-order valence-corrected chi connectivity index (χ0v) is 11.5. The van der Waals surface area contributed by atoms with Gasteiger partial charge < -0.3 is 9.53 Å². The molecule has 84 valence electrons. The molecule has 0 radical (unpaired) electrons. The Morgan fingerprint density at radius 2 is 1.71 bits per heavy atom. The van der Waals surface area contributed by atoms with Gasteiger partial charge in [0.15, 0.2) is 8.32 Å². The third kappa shape index (κ3) is 4.82. The van der Waals surface area contributed by atoms with Crippen LogP contribution in [0.1, 0.15) is 27.7 Å². The SMILES string of the molecule is C/C=C(\O)[C@@H](O[Si](C)(C)C)C(C)(C)C. The molecule has 1 atom stereocenters. The topological polar surface area (TPSA) is 29.5 Å². The van der Waals surface area contributed by atoms with Gasteiger partial charge in [0.25, 0.3) is 0 Å². The van der Waals surface area contributed by atoms with Crippen LogP contribution >= 0.6 is 0 Å². The molecular weight excluding hydrogens is 192 g/mol. The molecule has 0 spiro atoms. The normalized spacial score (nSPS) is 16.9. The zero-order valence-electron chi connectivity index (χ0n) is 10.5. The summed E-state index contributed by atoms with van der Waals surface area (Å²) in [5, 5.41) is 9.77. The lowest BCUT2D eigenvalue weighted by molar-refractivity contribution is 0.0721. The van der Waals surface area contributed by atoms with E-state index in [-0.39, 0.29) is 11.5 Å². The Morgan fingerprint density at radius 3 is 1.93 bits per heavy atom. The first-order valence-electron chi connectivity index (χ1n) is 5.11. The highest BCUT2D eigenvalue weighted by Gasteiger charge is 2.32. The van der Waals surface area contributed by atoms with Crippen molar-refractivity contribution in [2.75, 3.05) is 0 Å². The van der Waals surface area contributed by atoms with Crippen LogP contribution in [0.3, 0.4) is 0 Å². The summed E-state index contributed by atoms with van der Waals surface area (Å²) in [5.41, 5.74) is -0.0587. The predicted octanol–water partition coefficient (Wildman–Crippen LogP) is 3.71. The van der Waals surface area contributed by atoms with Crippen molar-refractivity contribution in [2.24, 2.45) is 5.41 Å². The number of allylic oxidation sites excluding steroid dienone is 1. The second kappa shape index (κ2) is 4.49. The predicted molar refractivity (Wildman–Crippen MR) is 64.1 cm³/mol. The Labute approximate surface area is 89.1 Å². The molecule has 0 rings (SSSR count). The van der Waals surface area contributed by atoms with Crippen LogP contribution in [0.4, 0.5) is 0 Å². The minimum absolute atomic E-state index is 0.0587. The molecular formula is C11H24O2Si. The van der Waals surface area contributed by atoms with Gasteiger partial charge in [-0.1, -0.05) is 20.8 Å². The molecule has 14 heavy (non-hydrogen) atoms. The standard InChI is InChI=1S/C11H24O2Si/c1-8-9(12)10(11(2,3)4)13-14(5,6)7/h8,10,12H,1-7H3/b9-8-/t10-/m1/s1. The molecule has 0 aromatic rings. The maximum Gasteiger partial charge on any atom is 0.184 e. The van der Waals surface area contributed by atoms with Crippen LogP contribution in [0.5, 0.6) is 0 Å². The molecule has 0 aliphatic heterocycles. The van der Waals surface area contributed by atoms with Crippen LogP contribution in [0, 0.1) is 5.41 Å². The summed E-state index contributed by atoms with van der Waals surface area (Å²) in [4.78, 5) is 0. The summed E-state index contributed by atoms with van der Waals surface area (Å²) in [5.74, 6) is 0.347. The highest BCUT2D eigenvalue weighted by Crippen LogP contribution is 2.29. The summed E-state index contributed by atoms with van der Waals surface area (Å²) in [6.07, 6.45) is 1.54. The lowest BCUT2D eigenvalue weighted by atomic mass is 9.88. The van der Waals surface area contributed by atoms with Crippen molar-refractivity contribution in [2.45, 2.75) is 53.4 Å². The smallest absolute Gasteiger partial charge is 0.184 e. The van der Waals surface area contributed by atoms with Gasteiger partial charge in [-0.3, -0.25) is 0 Å². The molecule has 0 heterocycles. The number of rotatable bonds is 3. The molecule has 2 nitrogen and oxygen atoms in total. The minimum Gasteiger partial charge on any atom is -0.510 e. The Morgan fingerprint density at radius 1 is 1.29 bits per heavy atom. The van der Waals surface area contributed by atoms with E-state index in [1.165, 1.54) is 0 Å². The van der Waals surface area contributed by atoms with E-state index >= 15 is 0 Å². The van der Waals surface area contributed by atoms with Gasteiger partial charge in [0.05, 0.1) is 0 Å². The monoisotopic (exact) mass is 216 g/mol. The minimum atomic E-state index is -1.61. The summed E-state index contributed by atoms with van der Waals surface area (Å²) < 4.78 is 5.98. The molecule has 1 N–H and O–H groups in total. The van der Waals surface area contributed by atoms with Gasteiger partial charge in [-0.15, -0.1) is 0 Å². The van der Waals surface area contributed by atoms with Crippen molar-refractivity contribution >= 4 is 8.32 Å². The van der Waals surface area contributed by atoms with Crippen molar-refractivity contribution in [3.8, 4) is 0 Å². The van der Waals surface area contributed by atoms with Crippen LogP contribution in [-0.4, -0.2) is 19.5 Å². The Bertz CT molecular complexity index is 208. The highest BCUT2D eigenvalue weighted by atomic mass is 28.4. The molecule has 0 aliphatic carbocycles. The van der Waals surface area contributed by atoms with Crippen molar-refractivity contribution in [3.63, 3.8) is 0 Å². The van der Waals surface area contributed by atoms with Gasteiger partial charge in [0.2, 0.25) is 0 Å². The van der Waals surface area contributed by atoms with Gasteiger partial charge in [0.1, 0.15) is 11.9 Å². The summed E-state index contributed by atoms with van der Waals surface area (Å²) in [7, 11) is -1.61. The molecule has 0 saturated heterocycles. The van der Waals surface area contributed by atoms with Crippen LogP contribution in [0.25, 0.3) is 0 Å². The lowest BCUT2D eigenvalue weighted by Gasteiger charge is -2.35. The summed E-state index contributed by atoms with van der Waals surface area (Å²) in [6, 6.07) is 0. The molecule has 0 fully saturated rings. The first-order valence-corrected chi connectivity index (χ1v) is 8.52. The number of aliphatic hydroxyl groups excluding tert-OH is 1. The van der Waals surface area contributed by atoms with Crippen LogP contribution in [-0.2, 0) is 4.43 Å². The van der Waals surface area contributed by atoms with E-state index in [2.05, 4.69) is 40.4 Å². The van der Waals surface area contributed by atoms with Gasteiger partial charge in [0, 0.05) is 0 Å². The molecule has 0 saturated carbocycles. The molecule has 0 bridgehead atoms. The summed E-state index contributed by atoms with van der Waals surface area (Å²) in [6.45, 7) is 14.5. The first kappa shape index (κ1) is 13.7. The van der Waals surface area contributed by atoms with Crippen LogP contribution in [0.2, 0.25) is 19.6 Å². The third-order valence-electron chi connectivity index (χ3n) is 1.82. The van der Waals surface area contributed by atoms with Crippen molar-refractivity contribution < 1.29 is 9.53 Å². The van der Waals surface area contributed by atoms with Crippen molar-refractivity contribution in [1.29, 1.82) is 0 Å². The second-order valence-corrected chi connectivity index (χ2v) is 10.2. The molecule has 0 unspecified atom stereocenters. The molecule has 0 aliphatic rings. The average Bonchev–Trinajstić information content (AvgIpc) is 1.95. The van der Waals surface area contributed by atoms with E-state index in [4.69, 9.17) is 4.43 Å². The maximum atomic E-state index is 9.77. The average molecular weight is 216 g/mol. The number of hydrogen-bond acceptors (Lipinski definition) is 2. The van der Waals surface area contributed by atoms with Gasteiger partial charge in [-0.05, 0) is 38.1 Å². The van der Waals surface area contributed by atoms with Crippen molar-refractivity contribution in [3.05, 3.63) is 11.8 Å². The third-order valence-corrected chi connectivity index (χ3v) is 2.77. The Kier molecular flexibility index (Phi) is 4.40. The molecule has 0 aromatic heterocycles. The van der Waals surface area contributed by atoms with Gasteiger partial charge >= 0.3 is 0 Å². The Balaban J connectivity index is 4.77. The fourth-order valence-corrected chi connectivity index (χ4v) is 2.37. The molecule has 0 aromatic carbocycles.